The number of allylic oxidation sites excluding steroid dienone is 2. The lowest BCUT2D eigenvalue weighted by molar-refractivity contribution is 0.745. The molecule has 1 aromatic heterocycles. The second kappa shape index (κ2) is 20.2. The van der Waals surface area contributed by atoms with Crippen LogP contribution in [0.3, 0.4) is 0 Å². The first-order chi connectivity index (χ1) is 39.6. The van der Waals surface area contributed by atoms with Gasteiger partial charge in [-0.1, -0.05) is 152 Å². The summed E-state index contributed by atoms with van der Waals surface area (Å²) in [5, 5.41) is 21.3. The Morgan fingerprint density at radius 3 is 1.24 bits per heavy atom. The zero-order valence-corrected chi connectivity index (χ0v) is 43.6. The summed E-state index contributed by atoms with van der Waals surface area (Å²) in [5.41, 5.74) is 21.2. The molecule has 12 aromatic rings. The second-order valence-electron chi connectivity index (χ2n) is 20.4. The molecule has 80 heavy (non-hydrogen) atoms. The quantitative estimate of drug-likeness (QED) is 0.129. The van der Waals surface area contributed by atoms with E-state index in [-0.39, 0.29) is 12.0 Å². The van der Waals surface area contributed by atoms with Gasteiger partial charge < -0.3 is 19.3 Å². The lowest BCUT2D eigenvalue weighted by Crippen LogP contribution is -2.28. The van der Waals surface area contributed by atoms with E-state index in [4.69, 9.17) is 0 Å². The van der Waals surface area contributed by atoms with Crippen LogP contribution in [-0.4, -0.2) is 10.6 Å². The van der Waals surface area contributed by atoms with Crippen molar-refractivity contribution in [2.45, 2.75) is 12.0 Å². The summed E-state index contributed by atoms with van der Waals surface area (Å²) in [7, 11) is 0. The Balaban J connectivity index is 0.828. The smallest absolute Gasteiger partial charge is 0.0991 e. The number of anilines is 8. The van der Waals surface area contributed by atoms with Crippen molar-refractivity contribution >= 4 is 67.3 Å². The highest BCUT2D eigenvalue weighted by Crippen LogP contribution is 2.50. The predicted molar refractivity (Wildman–Crippen MR) is 329 cm³/mol. The lowest BCUT2D eigenvalue weighted by atomic mass is 9.91. The van der Waals surface area contributed by atoms with Crippen molar-refractivity contribution in [1.29, 1.82) is 10.5 Å². The van der Waals surface area contributed by atoms with E-state index < -0.39 is 0 Å². The Bertz CT molecular complexity index is 4400. The van der Waals surface area contributed by atoms with Crippen molar-refractivity contribution in [2.24, 2.45) is 0 Å². The Morgan fingerprint density at radius 2 is 0.738 bits per heavy atom. The Labute approximate surface area is 465 Å². The van der Waals surface area contributed by atoms with Crippen LogP contribution >= 0.6 is 0 Å². The van der Waals surface area contributed by atoms with E-state index in [1.54, 1.807) is 0 Å². The molecule has 0 N–H and O–H groups in total. The van der Waals surface area contributed by atoms with Crippen LogP contribution in [-0.2, 0) is 0 Å². The first kappa shape index (κ1) is 47.5. The van der Waals surface area contributed by atoms with Crippen molar-refractivity contribution in [3.63, 3.8) is 0 Å². The van der Waals surface area contributed by atoms with Crippen molar-refractivity contribution in [3.05, 3.63) is 308 Å². The maximum absolute atomic E-state index is 9.45. The van der Waals surface area contributed by atoms with Gasteiger partial charge in [0.1, 0.15) is 0 Å². The van der Waals surface area contributed by atoms with Crippen LogP contribution in [0.2, 0.25) is 0 Å². The summed E-state index contributed by atoms with van der Waals surface area (Å²) in [6.07, 6.45) is 9.01. The van der Waals surface area contributed by atoms with Crippen LogP contribution in [0, 0.1) is 22.7 Å². The fourth-order valence-electron chi connectivity index (χ4n) is 11.9. The number of benzene rings is 11. The van der Waals surface area contributed by atoms with E-state index in [0.717, 1.165) is 84.2 Å². The molecule has 0 fully saturated rings. The van der Waals surface area contributed by atoms with Crippen LogP contribution in [0.25, 0.3) is 60.9 Å². The highest BCUT2D eigenvalue weighted by atomic mass is 15.2. The van der Waals surface area contributed by atoms with Gasteiger partial charge in [-0.25, -0.2) is 0 Å². The van der Waals surface area contributed by atoms with Crippen molar-refractivity contribution in [1.82, 2.24) is 4.57 Å². The van der Waals surface area contributed by atoms with E-state index >= 15 is 0 Å². The van der Waals surface area contributed by atoms with Gasteiger partial charge in [-0.3, -0.25) is 0 Å². The number of aromatic nitrogens is 1. The molecule has 11 aromatic carbocycles. The van der Waals surface area contributed by atoms with Gasteiger partial charge in [0.15, 0.2) is 0 Å². The first-order valence-corrected chi connectivity index (χ1v) is 27.0. The maximum Gasteiger partial charge on any atom is 0.0991 e. The van der Waals surface area contributed by atoms with Crippen molar-refractivity contribution < 1.29 is 0 Å². The molecule has 1 aliphatic carbocycles. The van der Waals surface area contributed by atoms with Gasteiger partial charge in [-0.05, 0) is 178 Å². The summed E-state index contributed by atoms with van der Waals surface area (Å²) >= 11 is 0. The topological polar surface area (TPSA) is 62.2 Å². The normalized spacial score (nSPS) is 14.1. The standard InChI is InChI=1S/C74H50N6/c75-49-51-19-23-53(24-20-51)55-27-35-61(36-28-55)77(65-43-45-73-69(47-65)67-15-7-9-17-71(67)79(73)59-11-3-1-4-12-59)63-39-31-57(32-40-63)58-33-41-64(42-34-58)78(62-37-29-56(30-38-62)54-25-21-52(50-76)22-26-54)66-44-46-74-70(48-66)68-16-8-10-18-72(68)80(74)60-13-5-2-6-14-60/h1-48,67,71H. The van der Waals surface area contributed by atoms with Gasteiger partial charge in [0.2, 0.25) is 0 Å². The first-order valence-electron chi connectivity index (χ1n) is 27.0. The predicted octanol–water partition coefficient (Wildman–Crippen LogP) is 19.2. The number of para-hydroxylation sites is 3. The monoisotopic (exact) mass is 1020 g/mol. The molecule has 0 amide bonds. The minimum atomic E-state index is 0.183. The van der Waals surface area contributed by atoms with Gasteiger partial charge in [0.25, 0.3) is 0 Å². The summed E-state index contributed by atoms with van der Waals surface area (Å²) in [5.74, 6) is 0.203. The number of nitrogens with zero attached hydrogens (tertiary/aromatic N) is 6. The summed E-state index contributed by atoms with van der Waals surface area (Å²) in [6, 6.07) is 99.1. The fraction of sp³-hybridized carbons (Fsp3) is 0.0270. The average Bonchev–Trinajstić information content (AvgIpc) is 4.28. The van der Waals surface area contributed by atoms with Gasteiger partial charge in [-0.15, -0.1) is 0 Å². The third-order valence-electron chi connectivity index (χ3n) is 15.8. The van der Waals surface area contributed by atoms with Gasteiger partial charge >= 0.3 is 0 Å². The number of rotatable bonds is 11. The molecule has 2 aliphatic rings. The zero-order valence-electron chi connectivity index (χ0n) is 43.6. The van der Waals surface area contributed by atoms with E-state index in [9.17, 15) is 10.5 Å². The molecule has 0 bridgehead atoms. The van der Waals surface area contributed by atoms with E-state index in [1.165, 1.54) is 27.7 Å². The molecule has 2 unspecified atom stereocenters. The van der Waals surface area contributed by atoms with E-state index in [2.05, 4.69) is 274 Å². The average molecular weight is 1020 g/mol. The SMILES string of the molecule is N#Cc1ccc(-c2ccc(N(c3ccc(-c4ccc(N(c5ccc(-c6ccc(C#N)cc6)cc5)c5ccc6c(c5)c5ccccc5n6-c5ccccc5)cc4)cc3)c3ccc4c(c3)C3C=CC=CC3N4c3ccccc3)cc2)cc1. The molecule has 14 rings (SSSR count). The van der Waals surface area contributed by atoms with Crippen LogP contribution in [0.15, 0.2) is 291 Å². The summed E-state index contributed by atoms with van der Waals surface area (Å²) in [6.45, 7) is 0. The molecule has 0 spiro atoms. The maximum atomic E-state index is 9.45. The third-order valence-corrected chi connectivity index (χ3v) is 15.8. The zero-order chi connectivity index (χ0) is 53.5. The molecule has 6 heteroatoms. The largest absolute Gasteiger partial charge is 0.333 e. The lowest BCUT2D eigenvalue weighted by Gasteiger charge is -2.28. The number of nitriles is 2. The number of fused-ring (bicyclic) bond motifs is 6. The molecule has 6 nitrogen and oxygen atoms in total. The minimum absolute atomic E-state index is 0.183. The summed E-state index contributed by atoms with van der Waals surface area (Å²) in [4.78, 5) is 7.17. The summed E-state index contributed by atoms with van der Waals surface area (Å²) < 4.78 is 2.35. The van der Waals surface area contributed by atoms with E-state index in [1.807, 2.05) is 48.5 Å². The molecule has 0 saturated carbocycles. The molecular weight excluding hydrogens is 973 g/mol. The molecule has 376 valence electrons. The molecule has 2 heterocycles. The number of hydrogen-bond acceptors (Lipinski definition) is 5. The van der Waals surface area contributed by atoms with Crippen molar-refractivity contribution in [2.75, 3.05) is 14.7 Å². The Morgan fingerprint density at radius 1 is 0.338 bits per heavy atom. The number of hydrogen-bond donors (Lipinski definition) is 0. The van der Waals surface area contributed by atoms with Crippen LogP contribution in [0.1, 0.15) is 22.6 Å². The second-order valence-corrected chi connectivity index (χ2v) is 20.4. The Hall–Kier alpha value is -10.9. The minimum Gasteiger partial charge on any atom is -0.333 e. The van der Waals surface area contributed by atoms with Crippen LogP contribution in [0.5, 0.6) is 0 Å². The molecule has 2 atom stereocenters. The van der Waals surface area contributed by atoms with Crippen LogP contribution in [0.4, 0.5) is 45.5 Å². The fourth-order valence-corrected chi connectivity index (χ4v) is 11.9. The third kappa shape index (κ3) is 8.55. The van der Waals surface area contributed by atoms with Gasteiger partial charge in [-0.2, -0.15) is 10.5 Å². The Kier molecular flexibility index (Phi) is 12.0. The molecule has 1 aliphatic heterocycles. The molecular formula is C74H50N6. The van der Waals surface area contributed by atoms with Crippen molar-refractivity contribution in [3.8, 4) is 51.2 Å². The molecule has 0 radical (unpaired) electrons. The van der Waals surface area contributed by atoms with Gasteiger partial charge in [0, 0.05) is 67.9 Å². The highest BCUT2D eigenvalue weighted by molar-refractivity contribution is 6.10. The molecule has 0 saturated heterocycles. The van der Waals surface area contributed by atoms with E-state index in [0.29, 0.717) is 11.1 Å². The highest BCUT2D eigenvalue weighted by Gasteiger charge is 2.38. The van der Waals surface area contributed by atoms with Gasteiger partial charge in [0.05, 0.1) is 40.3 Å². The van der Waals surface area contributed by atoms with Crippen LogP contribution < -0.4 is 14.7 Å².